The van der Waals surface area contributed by atoms with Gasteiger partial charge in [-0.1, -0.05) is 18.2 Å². The number of hydrogen-bond donors (Lipinski definition) is 1. The van der Waals surface area contributed by atoms with Gasteiger partial charge in [0, 0.05) is 16.3 Å². The third-order valence-corrected chi connectivity index (χ3v) is 2.84. The second kappa shape index (κ2) is 4.21. The maximum Gasteiger partial charge on any atom is 0.0455 e. The first-order valence-corrected chi connectivity index (χ1v) is 4.83. The van der Waals surface area contributed by atoms with Gasteiger partial charge in [-0.2, -0.15) is 0 Å². The Kier molecular flexibility index (Phi) is 3.23. The van der Waals surface area contributed by atoms with Crippen LogP contribution in [0.25, 0.3) is 0 Å². The van der Waals surface area contributed by atoms with E-state index in [2.05, 4.69) is 19.6 Å². The van der Waals surface area contributed by atoms with Crippen LogP contribution in [0.3, 0.4) is 0 Å². The van der Waals surface area contributed by atoms with Crippen molar-refractivity contribution in [1.82, 2.24) is 0 Å². The number of aryl methyl sites for hydroxylation is 1. The van der Waals surface area contributed by atoms with Crippen LogP contribution in [-0.4, -0.2) is 5.75 Å². The summed E-state index contributed by atoms with van der Waals surface area (Å²) < 4.78 is 0. The molecule has 0 aliphatic heterocycles. The van der Waals surface area contributed by atoms with E-state index in [-0.39, 0.29) is 0 Å². The van der Waals surface area contributed by atoms with Crippen LogP contribution in [0.4, 0.5) is 5.69 Å². The lowest BCUT2D eigenvalue weighted by molar-refractivity contribution is 1.31. The Morgan fingerprint density at radius 2 is 2.33 bits per heavy atom. The average molecular weight is 179 g/mol. The minimum Gasteiger partial charge on any atom is -0.398 e. The van der Waals surface area contributed by atoms with Gasteiger partial charge >= 0.3 is 0 Å². The van der Waals surface area contributed by atoms with Gasteiger partial charge in [-0.25, -0.2) is 0 Å². The van der Waals surface area contributed by atoms with Crippen LogP contribution in [0, 0.1) is 6.92 Å². The second-order valence-electron chi connectivity index (χ2n) is 2.59. The lowest BCUT2D eigenvalue weighted by Gasteiger charge is -2.06. The van der Waals surface area contributed by atoms with Gasteiger partial charge in [0.25, 0.3) is 0 Å². The summed E-state index contributed by atoms with van der Waals surface area (Å²) in [6.45, 7) is 5.74. The first-order chi connectivity index (χ1) is 5.75. The first-order valence-electron chi connectivity index (χ1n) is 3.84. The molecule has 0 radical (unpaired) electrons. The molecule has 0 unspecified atom stereocenters. The third-order valence-electron chi connectivity index (χ3n) is 1.59. The number of anilines is 1. The van der Waals surface area contributed by atoms with Crippen LogP contribution in [0.1, 0.15) is 5.56 Å². The quantitative estimate of drug-likeness (QED) is 0.438. The number of benzene rings is 1. The normalized spacial score (nSPS) is 9.75. The molecule has 0 fully saturated rings. The molecule has 12 heavy (non-hydrogen) atoms. The average Bonchev–Trinajstić information content (AvgIpc) is 2.04. The minimum atomic E-state index is 0.863. The standard InChI is InChI=1S/C10H13NS/c1-3-7-12-10-8(2)5-4-6-9(10)11/h3-6H,1,7,11H2,2H3. The molecule has 2 N–H and O–H groups in total. The highest BCUT2D eigenvalue weighted by Crippen LogP contribution is 2.28. The highest BCUT2D eigenvalue weighted by molar-refractivity contribution is 7.99. The molecule has 0 saturated heterocycles. The van der Waals surface area contributed by atoms with Crippen molar-refractivity contribution >= 4 is 17.4 Å². The van der Waals surface area contributed by atoms with E-state index in [0.717, 1.165) is 11.4 Å². The van der Waals surface area contributed by atoms with Crippen molar-refractivity contribution in [3.05, 3.63) is 36.4 Å². The van der Waals surface area contributed by atoms with Crippen LogP contribution in [0.2, 0.25) is 0 Å². The van der Waals surface area contributed by atoms with Crippen LogP contribution < -0.4 is 5.73 Å². The zero-order valence-corrected chi connectivity index (χ0v) is 8.03. The Bertz CT molecular complexity index is 261. The molecule has 0 aromatic heterocycles. The molecule has 1 rings (SSSR count). The molecule has 0 spiro atoms. The van der Waals surface area contributed by atoms with Gasteiger partial charge in [0.15, 0.2) is 0 Å². The van der Waals surface area contributed by atoms with Crippen molar-refractivity contribution < 1.29 is 0 Å². The summed E-state index contributed by atoms with van der Waals surface area (Å²) in [5, 5.41) is 0. The molecule has 1 nitrogen and oxygen atoms in total. The Labute approximate surface area is 77.7 Å². The molecule has 1 aromatic carbocycles. The van der Waals surface area contributed by atoms with Gasteiger partial charge in [-0.15, -0.1) is 18.3 Å². The van der Waals surface area contributed by atoms with E-state index < -0.39 is 0 Å². The summed E-state index contributed by atoms with van der Waals surface area (Å²) in [5.41, 5.74) is 7.91. The topological polar surface area (TPSA) is 26.0 Å². The Morgan fingerprint density at radius 1 is 1.58 bits per heavy atom. The van der Waals surface area contributed by atoms with E-state index in [1.807, 2.05) is 18.2 Å². The van der Waals surface area contributed by atoms with Gasteiger partial charge in [0.05, 0.1) is 0 Å². The number of hydrogen-bond acceptors (Lipinski definition) is 2. The van der Waals surface area contributed by atoms with E-state index in [1.54, 1.807) is 11.8 Å². The van der Waals surface area contributed by atoms with Gasteiger partial charge in [0.2, 0.25) is 0 Å². The van der Waals surface area contributed by atoms with Crippen LogP contribution >= 0.6 is 11.8 Å². The fraction of sp³-hybridized carbons (Fsp3) is 0.200. The largest absolute Gasteiger partial charge is 0.398 e. The maximum absolute atomic E-state index is 5.81. The predicted octanol–water partition coefficient (Wildman–Crippen LogP) is 2.86. The number of nitrogen functional groups attached to an aromatic ring is 1. The van der Waals surface area contributed by atoms with Crippen molar-refractivity contribution in [2.24, 2.45) is 0 Å². The summed E-state index contributed by atoms with van der Waals surface area (Å²) in [6, 6.07) is 5.98. The highest BCUT2D eigenvalue weighted by atomic mass is 32.2. The molecule has 0 aliphatic rings. The Hall–Kier alpha value is -0.890. The number of thioether (sulfide) groups is 1. The molecule has 0 bridgehead atoms. The SMILES string of the molecule is C=CCSc1c(C)cccc1N. The smallest absolute Gasteiger partial charge is 0.0455 e. The van der Waals surface area contributed by atoms with Crippen molar-refractivity contribution in [3.8, 4) is 0 Å². The Morgan fingerprint density at radius 3 is 2.92 bits per heavy atom. The third kappa shape index (κ3) is 2.05. The lowest BCUT2D eigenvalue weighted by Crippen LogP contribution is -1.90. The highest BCUT2D eigenvalue weighted by Gasteiger charge is 2.00. The summed E-state index contributed by atoms with van der Waals surface area (Å²) in [5.74, 6) is 0.912. The summed E-state index contributed by atoms with van der Waals surface area (Å²) in [4.78, 5) is 1.18. The molecule has 0 atom stereocenters. The fourth-order valence-corrected chi connectivity index (χ4v) is 1.83. The number of rotatable bonds is 3. The molecule has 64 valence electrons. The van der Waals surface area contributed by atoms with Crippen molar-refractivity contribution in [2.45, 2.75) is 11.8 Å². The molecule has 1 aromatic rings. The predicted molar refractivity (Wildman–Crippen MR) is 56.5 cm³/mol. The van der Waals surface area contributed by atoms with Gasteiger partial charge < -0.3 is 5.73 Å². The van der Waals surface area contributed by atoms with Crippen molar-refractivity contribution in [2.75, 3.05) is 11.5 Å². The van der Waals surface area contributed by atoms with E-state index >= 15 is 0 Å². The van der Waals surface area contributed by atoms with Crippen LogP contribution in [0.5, 0.6) is 0 Å². The molecular formula is C10H13NS. The lowest BCUT2D eigenvalue weighted by atomic mass is 10.2. The van der Waals surface area contributed by atoms with Gasteiger partial charge in [-0.3, -0.25) is 0 Å². The summed E-state index contributed by atoms with van der Waals surface area (Å²) in [7, 11) is 0. The fourth-order valence-electron chi connectivity index (χ4n) is 1.01. The van der Waals surface area contributed by atoms with E-state index in [9.17, 15) is 0 Å². The summed E-state index contributed by atoms with van der Waals surface area (Å²) >= 11 is 1.73. The summed E-state index contributed by atoms with van der Waals surface area (Å²) in [6.07, 6.45) is 1.89. The number of nitrogens with two attached hydrogens (primary N) is 1. The first kappa shape index (κ1) is 9.20. The van der Waals surface area contributed by atoms with E-state index in [0.29, 0.717) is 0 Å². The molecule has 0 saturated carbocycles. The van der Waals surface area contributed by atoms with E-state index in [4.69, 9.17) is 5.73 Å². The molecule has 0 heterocycles. The van der Waals surface area contributed by atoms with Gasteiger partial charge in [-0.05, 0) is 18.6 Å². The van der Waals surface area contributed by atoms with Crippen LogP contribution in [-0.2, 0) is 0 Å². The maximum atomic E-state index is 5.81. The van der Waals surface area contributed by atoms with Gasteiger partial charge in [0.1, 0.15) is 0 Å². The molecule has 2 heteroatoms. The monoisotopic (exact) mass is 179 g/mol. The molecule has 0 amide bonds. The zero-order chi connectivity index (χ0) is 8.97. The van der Waals surface area contributed by atoms with Crippen molar-refractivity contribution in [1.29, 1.82) is 0 Å². The van der Waals surface area contributed by atoms with Crippen LogP contribution in [0.15, 0.2) is 35.7 Å². The van der Waals surface area contributed by atoms with Crippen molar-refractivity contribution in [3.63, 3.8) is 0 Å². The zero-order valence-electron chi connectivity index (χ0n) is 7.21. The second-order valence-corrected chi connectivity index (χ2v) is 3.62. The minimum absolute atomic E-state index is 0.863. The Balaban J connectivity index is 2.88. The molecular weight excluding hydrogens is 166 g/mol. The molecule has 0 aliphatic carbocycles. The van der Waals surface area contributed by atoms with E-state index in [1.165, 1.54) is 10.5 Å².